The van der Waals surface area contributed by atoms with Gasteiger partial charge in [0.2, 0.25) is 0 Å². The van der Waals surface area contributed by atoms with E-state index in [1.54, 1.807) is 54.5 Å². The molecule has 26 heavy (non-hydrogen) atoms. The van der Waals surface area contributed by atoms with Crippen LogP contribution in [0.2, 0.25) is 0 Å². The monoisotopic (exact) mass is 410 g/mol. The fourth-order valence-electron chi connectivity index (χ4n) is 2.83. The molecule has 0 bridgehead atoms. The van der Waals surface area contributed by atoms with Gasteiger partial charge < -0.3 is 10.8 Å². The Bertz CT molecular complexity index is 988. The molecule has 0 aromatic heterocycles. The van der Waals surface area contributed by atoms with E-state index in [4.69, 9.17) is 5.73 Å². The highest BCUT2D eigenvalue weighted by molar-refractivity contribution is 9.10. The quantitative estimate of drug-likeness (QED) is 0.721. The number of nitrogens with zero attached hydrogens (tertiary/aromatic N) is 1. The topological polar surface area (TPSA) is 83.6 Å². The molecule has 0 fully saturated rings. The predicted molar refractivity (Wildman–Crippen MR) is 105 cm³/mol. The van der Waals surface area contributed by atoms with Crippen molar-refractivity contribution in [2.24, 2.45) is 5.73 Å². The van der Waals surface area contributed by atoms with Gasteiger partial charge in [-0.25, -0.2) is 9.59 Å². The molecule has 0 spiro atoms. The first-order valence-corrected chi connectivity index (χ1v) is 8.60. The second kappa shape index (κ2) is 7.44. The SMILES string of the molecule is NC(=O)N(c1ccccc1Br)c1ccccc1C1=C(O)CC(=C=O)C=C1. The summed E-state index contributed by atoms with van der Waals surface area (Å²) in [5.41, 5.74) is 8.28. The third-order valence-corrected chi connectivity index (χ3v) is 4.67. The Labute approximate surface area is 158 Å². The summed E-state index contributed by atoms with van der Waals surface area (Å²) < 4.78 is 0.706. The summed E-state index contributed by atoms with van der Waals surface area (Å²) in [6, 6.07) is 13.7. The molecule has 2 aromatic rings. The summed E-state index contributed by atoms with van der Waals surface area (Å²) in [5, 5.41) is 10.4. The molecule has 2 aromatic carbocycles. The van der Waals surface area contributed by atoms with Crippen molar-refractivity contribution < 1.29 is 14.7 Å². The Morgan fingerprint density at radius 2 is 1.73 bits per heavy atom. The van der Waals surface area contributed by atoms with Crippen LogP contribution in [0.3, 0.4) is 0 Å². The third-order valence-electron chi connectivity index (χ3n) is 4.00. The average molecular weight is 411 g/mol. The van der Waals surface area contributed by atoms with E-state index in [0.29, 0.717) is 32.6 Å². The van der Waals surface area contributed by atoms with Crippen LogP contribution in [-0.4, -0.2) is 17.1 Å². The molecular formula is C20H15BrN2O3. The van der Waals surface area contributed by atoms with Crippen molar-refractivity contribution in [2.45, 2.75) is 6.42 Å². The predicted octanol–water partition coefficient (Wildman–Crippen LogP) is 4.65. The molecule has 5 nitrogen and oxygen atoms in total. The van der Waals surface area contributed by atoms with Crippen LogP contribution in [0.1, 0.15) is 12.0 Å². The maximum Gasteiger partial charge on any atom is 0.323 e. The Hall–Kier alpha value is -3.08. The van der Waals surface area contributed by atoms with Crippen LogP contribution in [0.15, 0.2) is 76.5 Å². The third kappa shape index (κ3) is 3.33. The summed E-state index contributed by atoms with van der Waals surface area (Å²) in [7, 11) is 0. The lowest BCUT2D eigenvalue weighted by atomic mass is 9.94. The Morgan fingerprint density at radius 3 is 2.35 bits per heavy atom. The minimum absolute atomic E-state index is 0.0369. The number of halogens is 1. The average Bonchev–Trinajstić information content (AvgIpc) is 2.64. The molecule has 3 rings (SSSR count). The van der Waals surface area contributed by atoms with Crippen molar-refractivity contribution in [3.63, 3.8) is 0 Å². The first-order valence-electron chi connectivity index (χ1n) is 7.80. The van der Waals surface area contributed by atoms with E-state index in [1.807, 2.05) is 12.1 Å². The van der Waals surface area contributed by atoms with Gasteiger partial charge in [0.25, 0.3) is 0 Å². The van der Waals surface area contributed by atoms with E-state index in [1.165, 1.54) is 4.90 Å². The van der Waals surface area contributed by atoms with Gasteiger partial charge >= 0.3 is 6.03 Å². The highest BCUT2D eigenvalue weighted by Crippen LogP contribution is 2.38. The van der Waals surface area contributed by atoms with Crippen LogP contribution >= 0.6 is 15.9 Å². The first-order chi connectivity index (χ1) is 12.5. The molecule has 0 heterocycles. The number of nitrogens with two attached hydrogens (primary N) is 1. The van der Waals surface area contributed by atoms with Crippen LogP contribution in [0.25, 0.3) is 5.57 Å². The van der Waals surface area contributed by atoms with Crippen molar-refractivity contribution in [3.8, 4) is 0 Å². The lowest BCUT2D eigenvalue weighted by Crippen LogP contribution is -2.32. The summed E-state index contributed by atoms with van der Waals surface area (Å²) in [6.07, 6.45) is 3.33. The number of benzene rings is 2. The maximum absolute atomic E-state index is 12.2. The molecule has 0 saturated heterocycles. The van der Waals surface area contributed by atoms with Crippen molar-refractivity contribution in [1.82, 2.24) is 0 Å². The molecule has 0 unspecified atom stereocenters. The molecule has 3 N–H and O–H groups in total. The zero-order chi connectivity index (χ0) is 18.7. The highest BCUT2D eigenvalue weighted by Gasteiger charge is 2.23. The van der Waals surface area contributed by atoms with Crippen molar-refractivity contribution in [2.75, 3.05) is 4.90 Å². The molecule has 0 saturated carbocycles. The van der Waals surface area contributed by atoms with Crippen LogP contribution in [0.5, 0.6) is 0 Å². The number of hydrogen-bond acceptors (Lipinski definition) is 3. The van der Waals surface area contributed by atoms with Gasteiger partial charge in [-0.1, -0.05) is 30.3 Å². The zero-order valence-electron chi connectivity index (χ0n) is 13.6. The standard InChI is InChI=1S/C20H15BrN2O3/c21-16-6-2-4-8-18(16)23(20(22)26)17-7-3-1-5-14(17)15-10-9-13(12-24)11-19(15)25/h1-10,25H,11H2,(H2,22,26). The molecular weight excluding hydrogens is 396 g/mol. The van der Waals surface area contributed by atoms with Crippen LogP contribution in [0.4, 0.5) is 16.2 Å². The largest absolute Gasteiger partial charge is 0.511 e. The van der Waals surface area contributed by atoms with Gasteiger partial charge in [-0.3, -0.25) is 4.90 Å². The Balaban J connectivity index is 2.18. The number of carbonyl (C=O) groups is 1. The van der Waals surface area contributed by atoms with Gasteiger partial charge in [0.1, 0.15) is 11.7 Å². The van der Waals surface area contributed by atoms with Crippen LogP contribution in [-0.2, 0) is 4.79 Å². The fourth-order valence-corrected chi connectivity index (χ4v) is 3.29. The Morgan fingerprint density at radius 1 is 1.08 bits per heavy atom. The molecule has 130 valence electrons. The van der Waals surface area contributed by atoms with Crippen LogP contribution in [0, 0.1) is 0 Å². The molecule has 0 atom stereocenters. The molecule has 2 amide bonds. The summed E-state index contributed by atoms with van der Waals surface area (Å²) >= 11 is 3.44. The van der Waals surface area contributed by atoms with Gasteiger partial charge in [0.15, 0.2) is 0 Å². The zero-order valence-corrected chi connectivity index (χ0v) is 15.2. The van der Waals surface area contributed by atoms with E-state index < -0.39 is 6.03 Å². The molecule has 0 aliphatic heterocycles. The van der Waals surface area contributed by atoms with Gasteiger partial charge in [0.05, 0.1) is 11.4 Å². The number of anilines is 2. The summed E-state index contributed by atoms with van der Waals surface area (Å²) in [4.78, 5) is 24.4. The number of rotatable bonds is 3. The number of aliphatic hydroxyl groups is 1. The number of hydrogen-bond donors (Lipinski definition) is 2. The minimum atomic E-state index is -0.655. The number of primary amides is 1. The van der Waals surface area contributed by atoms with E-state index in [2.05, 4.69) is 15.9 Å². The van der Waals surface area contributed by atoms with Gasteiger partial charge in [-0.2, -0.15) is 0 Å². The van der Waals surface area contributed by atoms with Crippen molar-refractivity contribution in [1.29, 1.82) is 0 Å². The van der Waals surface area contributed by atoms with Gasteiger partial charge in [-0.15, -0.1) is 0 Å². The van der Waals surface area contributed by atoms with E-state index in [9.17, 15) is 14.7 Å². The lowest BCUT2D eigenvalue weighted by Gasteiger charge is -2.25. The molecule has 1 aliphatic rings. The lowest BCUT2D eigenvalue weighted by molar-refractivity contribution is 0.256. The Kier molecular flexibility index (Phi) is 5.07. The first kappa shape index (κ1) is 17.7. The smallest absolute Gasteiger partial charge is 0.323 e. The number of amides is 2. The second-order valence-electron chi connectivity index (χ2n) is 5.64. The maximum atomic E-state index is 12.2. The minimum Gasteiger partial charge on any atom is -0.511 e. The number of para-hydroxylation sites is 2. The second-order valence-corrected chi connectivity index (χ2v) is 6.49. The summed E-state index contributed by atoms with van der Waals surface area (Å²) in [5.74, 6) is 1.83. The number of carbonyl (C=O) groups excluding carboxylic acids is 2. The molecule has 0 radical (unpaired) electrons. The van der Waals surface area contributed by atoms with Crippen LogP contribution < -0.4 is 10.6 Å². The fraction of sp³-hybridized carbons (Fsp3) is 0.0500. The van der Waals surface area contributed by atoms with Crippen molar-refractivity contribution >= 4 is 44.9 Å². The number of allylic oxidation sites excluding steroid dienone is 4. The molecule has 1 aliphatic carbocycles. The number of urea groups is 1. The van der Waals surface area contributed by atoms with E-state index in [-0.39, 0.29) is 12.2 Å². The number of aliphatic hydroxyl groups excluding tert-OH is 1. The van der Waals surface area contributed by atoms with E-state index in [0.717, 1.165) is 0 Å². The normalized spacial score (nSPS) is 13.5. The highest BCUT2D eigenvalue weighted by atomic mass is 79.9. The summed E-state index contributed by atoms with van der Waals surface area (Å²) in [6.45, 7) is 0. The molecule has 6 heteroatoms. The van der Waals surface area contributed by atoms with Gasteiger partial charge in [0, 0.05) is 27.6 Å². The van der Waals surface area contributed by atoms with E-state index >= 15 is 0 Å². The van der Waals surface area contributed by atoms with Gasteiger partial charge in [-0.05, 0) is 46.3 Å². The van der Waals surface area contributed by atoms with Crippen molar-refractivity contribution in [3.05, 3.63) is 82.1 Å².